The summed E-state index contributed by atoms with van der Waals surface area (Å²) in [5.74, 6) is -0.157. The highest BCUT2D eigenvalue weighted by molar-refractivity contribution is 5.83. The molecule has 0 aromatic heterocycles. The first kappa shape index (κ1) is 13.2. The van der Waals surface area contributed by atoms with Crippen LogP contribution >= 0.6 is 0 Å². The van der Waals surface area contributed by atoms with Crippen LogP contribution in [0.1, 0.15) is 33.1 Å². The van der Waals surface area contributed by atoms with Crippen LogP contribution in [0.25, 0.3) is 0 Å². The van der Waals surface area contributed by atoms with Gasteiger partial charge in [-0.1, -0.05) is 13.8 Å². The van der Waals surface area contributed by atoms with Gasteiger partial charge in [0, 0.05) is 19.6 Å². The fourth-order valence-corrected chi connectivity index (χ4v) is 2.92. The lowest BCUT2D eigenvalue weighted by molar-refractivity contribution is -0.142. The second-order valence-corrected chi connectivity index (χ2v) is 5.69. The maximum absolute atomic E-state index is 12.4. The van der Waals surface area contributed by atoms with E-state index in [1.165, 1.54) is 0 Å². The van der Waals surface area contributed by atoms with Gasteiger partial charge in [0.05, 0.1) is 0 Å². The zero-order valence-corrected chi connectivity index (χ0v) is 11.1. The minimum Gasteiger partial charge on any atom is -0.480 e. The van der Waals surface area contributed by atoms with Crippen molar-refractivity contribution in [3.05, 3.63) is 0 Å². The molecular formula is C13H22N2O3. The lowest BCUT2D eigenvalue weighted by Gasteiger charge is -2.35. The lowest BCUT2D eigenvalue weighted by Crippen LogP contribution is -2.51. The molecule has 0 aromatic carbocycles. The van der Waals surface area contributed by atoms with Gasteiger partial charge in [-0.05, 0) is 31.1 Å². The number of piperidine rings is 1. The van der Waals surface area contributed by atoms with Gasteiger partial charge in [-0.25, -0.2) is 9.59 Å². The summed E-state index contributed by atoms with van der Waals surface area (Å²) in [6.45, 7) is 6.20. The van der Waals surface area contributed by atoms with Crippen molar-refractivity contribution in [3.8, 4) is 0 Å². The average molecular weight is 254 g/mol. The normalized spacial score (nSPS) is 29.7. The van der Waals surface area contributed by atoms with Crippen LogP contribution in [0.2, 0.25) is 0 Å². The molecule has 2 amide bonds. The predicted molar refractivity (Wildman–Crippen MR) is 67.3 cm³/mol. The van der Waals surface area contributed by atoms with Crippen molar-refractivity contribution in [1.82, 2.24) is 9.80 Å². The van der Waals surface area contributed by atoms with E-state index >= 15 is 0 Å². The summed E-state index contributed by atoms with van der Waals surface area (Å²) < 4.78 is 0. The minimum absolute atomic E-state index is 0.0511. The molecule has 1 N–H and O–H groups in total. The Morgan fingerprint density at radius 3 is 2.22 bits per heavy atom. The number of carboxylic acid groups (broad SMARTS) is 1. The molecule has 2 fully saturated rings. The van der Waals surface area contributed by atoms with Gasteiger partial charge in [0.1, 0.15) is 6.04 Å². The van der Waals surface area contributed by atoms with Crippen LogP contribution in [-0.2, 0) is 4.79 Å². The quantitative estimate of drug-likeness (QED) is 0.773. The van der Waals surface area contributed by atoms with Crippen molar-refractivity contribution in [2.45, 2.75) is 39.2 Å². The molecule has 102 valence electrons. The Kier molecular flexibility index (Phi) is 3.78. The van der Waals surface area contributed by atoms with Gasteiger partial charge in [-0.15, -0.1) is 0 Å². The van der Waals surface area contributed by atoms with Crippen LogP contribution < -0.4 is 0 Å². The third-order valence-corrected chi connectivity index (χ3v) is 4.25. The first-order valence-electron chi connectivity index (χ1n) is 6.79. The van der Waals surface area contributed by atoms with E-state index in [0.29, 0.717) is 12.5 Å². The monoisotopic (exact) mass is 254 g/mol. The number of aliphatic carboxylic acids is 1. The molecule has 2 aliphatic heterocycles. The van der Waals surface area contributed by atoms with E-state index in [9.17, 15) is 14.7 Å². The van der Waals surface area contributed by atoms with Crippen LogP contribution in [0.3, 0.4) is 0 Å². The highest BCUT2D eigenvalue weighted by Crippen LogP contribution is 2.26. The predicted octanol–water partition coefficient (Wildman–Crippen LogP) is 1.63. The number of carbonyl (C=O) groups excluding carboxylic acids is 1. The maximum Gasteiger partial charge on any atom is 0.326 e. The molecule has 2 aliphatic rings. The van der Waals surface area contributed by atoms with Crippen LogP contribution in [0.4, 0.5) is 4.79 Å². The van der Waals surface area contributed by atoms with Crippen molar-refractivity contribution < 1.29 is 14.7 Å². The van der Waals surface area contributed by atoms with Crippen molar-refractivity contribution >= 4 is 12.0 Å². The van der Waals surface area contributed by atoms with Crippen molar-refractivity contribution in [1.29, 1.82) is 0 Å². The molecular weight excluding hydrogens is 232 g/mol. The number of carboxylic acids is 1. The third kappa shape index (κ3) is 2.44. The summed E-state index contributed by atoms with van der Waals surface area (Å²) in [4.78, 5) is 27.0. The molecule has 0 radical (unpaired) electrons. The molecule has 0 aromatic rings. The highest BCUT2D eigenvalue weighted by Gasteiger charge is 2.41. The SMILES string of the molecule is CC1CCN(C(=O)N2CCC(C)C2C(=O)O)CC1. The number of nitrogens with zero attached hydrogens (tertiary/aromatic N) is 2. The summed E-state index contributed by atoms with van der Waals surface area (Å²) in [6, 6.07) is -0.726. The summed E-state index contributed by atoms with van der Waals surface area (Å²) >= 11 is 0. The minimum atomic E-state index is -0.876. The Balaban J connectivity index is 2.02. The number of likely N-dealkylation sites (tertiary alicyclic amines) is 2. The van der Waals surface area contributed by atoms with Crippen LogP contribution in [-0.4, -0.2) is 52.6 Å². The van der Waals surface area contributed by atoms with E-state index in [0.717, 1.165) is 32.4 Å². The molecule has 2 saturated heterocycles. The molecule has 2 atom stereocenters. The number of carbonyl (C=O) groups is 2. The molecule has 2 rings (SSSR count). The molecule has 5 nitrogen and oxygen atoms in total. The number of hydrogen-bond donors (Lipinski definition) is 1. The summed E-state index contributed by atoms with van der Waals surface area (Å²) in [5, 5.41) is 9.23. The largest absolute Gasteiger partial charge is 0.480 e. The van der Waals surface area contributed by atoms with E-state index < -0.39 is 12.0 Å². The van der Waals surface area contributed by atoms with Crippen LogP contribution in [0, 0.1) is 11.8 Å². The number of urea groups is 1. The summed E-state index contributed by atoms with van der Waals surface area (Å²) in [5.41, 5.74) is 0. The molecule has 0 bridgehead atoms. The van der Waals surface area contributed by atoms with Crippen molar-refractivity contribution in [2.24, 2.45) is 11.8 Å². The van der Waals surface area contributed by atoms with Gasteiger partial charge in [-0.3, -0.25) is 0 Å². The van der Waals surface area contributed by atoms with E-state index in [4.69, 9.17) is 0 Å². The van der Waals surface area contributed by atoms with Crippen LogP contribution in [0.5, 0.6) is 0 Å². The molecule has 2 unspecified atom stereocenters. The van der Waals surface area contributed by atoms with Gasteiger partial charge < -0.3 is 14.9 Å². The number of rotatable bonds is 1. The standard InChI is InChI=1S/C13H22N2O3/c1-9-3-6-14(7-4-9)13(18)15-8-5-10(2)11(15)12(16)17/h9-11H,3-8H2,1-2H3,(H,16,17). The summed E-state index contributed by atoms with van der Waals surface area (Å²) in [6.07, 6.45) is 2.83. The highest BCUT2D eigenvalue weighted by atomic mass is 16.4. The van der Waals surface area contributed by atoms with Crippen molar-refractivity contribution in [3.63, 3.8) is 0 Å². The average Bonchev–Trinajstić information content (AvgIpc) is 2.71. The zero-order valence-electron chi connectivity index (χ0n) is 11.1. The van der Waals surface area contributed by atoms with Gasteiger partial charge >= 0.3 is 12.0 Å². The van der Waals surface area contributed by atoms with Gasteiger partial charge in [0.2, 0.25) is 0 Å². The molecule has 18 heavy (non-hydrogen) atoms. The summed E-state index contributed by atoms with van der Waals surface area (Å²) in [7, 11) is 0. The Bertz CT molecular complexity index is 337. The second-order valence-electron chi connectivity index (χ2n) is 5.69. The Morgan fingerprint density at radius 1 is 1.06 bits per heavy atom. The maximum atomic E-state index is 12.4. The first-order chi connectivity index (χ1) is 8.50. The molecule has 2 heterocycles. The van der Waals surface area contributed by atoms with E-state index in [1.807, 2.05) is 11.8 Å². The Morgan fingerprint density at radius 2 is 1.67 bits per heavy atom. The zero-order chi connectivity index (χ0) is 13.3. The topological polar surface area (TPSA) is 60.9 Å². The fraction of sp³-hybridized carbons (Fsp3) is 0.846. The number of hydrogen-bond acceptors (Lipinski definition) is 2. The molecule has 0 aliphatic carbocycles. The number of amides is 2. The first-order valence-corrected chi connectivity index (χ1v) is 6.79. The Hall–Kier alpha value is -1.26. The molecule has 5 heteroatoms. The molecule has 0 saturated carbocycles. The van der Waals surface area contributed by atoms with Gasteiger partial charge in [-0.2, -0.15) is 0 Å². The second kappa shape index (κ2) is 5.16. The van der Waals surface area contributed by atoms with E-state index in [-0.39, 0.29) is 11.9 Å². The van der Waals surface area contributed by atoms with Crippen LogP contribution in [0.15, 0.2) is 0 Å². The van der Waals surface area contributed by atoms with Crippen molar-refractivity contribution in [2.75, 3.05) is 19.6 Å². The lowest BCUT2D eigenvalue weighted by atomic mass is 9.99. The smallest absolute Gasteiger partial charge is 0.326 e. The van der Waals surface area contributed by atoms with E-state index in [1.54, 1.807) is 4.90 Å². The third-order valence-electron chi connectivity index (χ3n) is 4.25. The fourth-order valence-electron chi connectivity index (χ4n) is 2.92. The molecule has 0 spiro atoms. The van der Waals surface area contributed by atoms with Gasteiger partial charge in [0.25, 0.3) is 0 Å². The van der Waals surface area contributed by atoms with Gasteiger partial charge in [0.15, 0.2) is 0 Å². The Labute approximate surface area is 108 Å². The van der Waals surface area contributed by atoms with E-state index in [2.05, 4.69) is 6.92 Å².